The van der Waals surface area contributed by atoms with Gasteiger partial charge < -0.3 is 14.5 Å². The minimum Gasteiger partial charge on any atom is -0.485 e. The topological polar surface area (TPSA) is 51.5 Å². The monoisotopic (exact) mass is 195 g/mol. The molecule has 1 fully saturated rings. The third kappa shape index (κ3) is 2.14. The first kappa shape index (κ1) is 9.27. The number of ether oxygens (including phenoxy) is 1. The fourth-order valence-electron chi connectivity index (χ4n) is 1.54. The van der Waals surface area contributed by atoms with E-state index in [2.05, 4.69) is 5.32 Å². The van der Waals surface area contributed by atoms with Gasteiger partial charge in [0.2, 0.25) is 11.2 Å². The standard InChI is InChI=1S/C10H13NO3/c12-9-3-5-13-7-10(9)14-6-8-2-1-4-11-8/h3,5,7-8,11H,1-2,4,6H2. The lowest BCUT2D eigenvalue weighted by Gasteiger charge is -2.10. The molecule has 76 valence electrons. The second-order valence-corrected chi connectivity index (χ2v) is 3.39. The van der Waals surface area contributed by atoms with E-state index in [0.717, 1.165) is 13.0 Å². The molecule has 1 saturated heterocycles. The van der Waals surface area contributed by atoms with Gasteiger partial charge in [-0.2, -0.15) is 0 Å². The van der Waals surface area contributed by atoms with Crippen LogP contribution in [0.15, 0.2) is 27.8 Å². The van der Waals surface area contributed by atoms with Crippen LogP contribution < -0.4 is 15.5 Å². The zero-order chi connectivity index (χ0) is 9.80. The normalized spacial score (nSPS) is 21.0. The summed E-state index contributed by atoms with van der Waals surface area (Å²) in [6, 6.07) is 1.73. The van der Waals surface area contributed by atoms with Gasteiger partial charge in [-0.15, -0.1) is 0 Å². The second-order valence-electron chi connectivity index (χ2n) is 3.39. The molecular formula is C10H13NO3. The van der Waals surface area contributed by atoms with E-state index in [0.29, 0.717) is 18.4 Å². The summed E-state index contributed by atoms with van der Waals surface area (Å²) in [6.07, 6.45) is 4.98. The van der Waals surface area contributed by atoms with Crippen molar-refractivity contribution >= 4 is 0 Å². The van der Waals surface area contributed by atoms with Crippen LogP contribution in [0.1, 0.15) is 12.8 Å². The average molecular weight is 195 g/mol. The molecule has 0 spiro atoms. The molecule has 1 aliphatic heterocycles. The van der Waals surface area contributed by atoms with Crippen molar-refractivity contribution in [2.45, 2.75) is 18.9 Å². The molecule has 0 saturated carbocycles. The molecule has 1 unspecified atom stereocenters. The fourth-order valence-corrected chi connectivity index (χ4v) is 1.54. The van der Waals surface area contributed by atoms with Crippen molar-refractivity contribution in [1.29, 1.82) is 0 Å². The van der Waals surface area contributed by atoms with E-state index >= 15 is 0 Å². The van der Waals surface area contributed by atoms with Gasteiger partial charge in [-0.1, -0.05) is 0 Å². The fraction of sp³-hybridized carbons (Fsp3) is 0.500. The Balaban J connectivity index is 1.91. The van der Waals surface area contributed by atoms with Crippen molar-refractivity contribution in [3.63, 3.8) is 0 Å². The molecule has 1 aliphatic rings. The molecule has 1 aromatic rings. The molecule has 1 atom stereocenters. The van der Waals surface area contributed by atoms with Crippen molar-refractivity contribution in [3.8, 4) is 5.75 Å². The van der Waals surface area contributed by atoms with E-state index in [1.165, 1.54) is 25.0 Å². The van der Waals surface area contributed by atoms with Crippen LogP contribution in [-0.4, -0.2) is 19.2 Å². The SMILES string of the molecule is O=c1ccocc1OCC1CCCN1. The van der Waals surface area contributed by atoms with Crippen LogP contribution in [0, 0.1) is 0 Å². The minimum absolute atomic E-state index is 0.130. The Kier molecular flexibility index (Phi) is 2.84. The smallest absolute Gasteiger partial charge is 0.226 e. The molecule has 0 bridgehead atoms. The number of rotatable bonds is 3. The van der Waals surface area contributed by atoms with Crippen molar-refractivity contribution in [2.75, 3.05) is 13.2 Å². The van der Waals surface area contributed by atoms with Crippen molar-refractivity contribution in [1.82, 2.24) is 5.32 Å². The third-order valence-electron chi connectivity index (χ3n) is 2.32. The van der Waals surface area contributed by atoms with Crippen LogP contribution in [0.3, 0.4) is 0 Å². The molecular weight excluding hydrogens is 182 g/mol. The average Bonchev–Trinajstić information content (AvgIpc) is 2.69. The summed E-state index contributed by atoms with van der Waals surface area (Å²) >= 11 is 0. The van der Waals surface area contributed by atoms with Crippen LogP contribution in [0.2, 0.25) is 0 Å². The van der Waals surface area contributed by atoms with Gasteiger partial charge in [0.25, 0.3) is 0 Å². The predicted octanol–water partition coefficient (Wildman–Crippen LogP) is 0.771. The van der Waals surface area contributed by atoms with Crippen LogP contribution >= 0.6 is 0 Å². The summed E-state index contributed by atoms with van der Waals surface area (Å²) in [7, 11) is 0. The van der Waals surface area contributed by atoms with E-state index in [9.17, 15) is 4.79 Å². The molecule has 14 heavy (non-hydrogen) atoms. The summed E-state index contributed by atoms with van der Waals surface area (Å²) in [5.74, 6) is 0.293. The van der Waals surface area contributed by atoms with Gasteiger partial charge in [0.15, 0.2) is 0 Å². The Morgan fingerprint density at radius 1 is 1.64 bits per heavy atom. The van der Waals surface area contributed by atoms with Gasteiger partial charge in [-0.3, -0.25) is 4.79 Å². The maximum absolute atomic E-state index is 11.2. The highest BCUT2D eigenvalue weighted by Gasteiger charge is 2.14. The Labute approximate surface area is 81.9 Å². The Hall–Kier alpha value is -1.29. The Bertz CT molecular complexity index is 341. The summed E-state index contributed by atoms with van der Waals surface area (Å²) in [5, 5.41) is 3.29. The maximum atomic E-state index is 11.2. The Morgan fingerprint density at radius 3 is 3.29 bits per heavy atom. The van der Waals surface area contributed by atoms with Crippen molar-refractivity contribution in [2.24, 2.45) is 0 Å². The van der Waals surface area contributed by atoms with E-state index in [-0.39, 0.29) is 5.43 Å². The second kappa shape index (κ2) is 4.28. The summed E-state index contributed by atoms with van der Waals surface area (Å²) in [5.41, 5.74) is -0.130. The molecule has 0 radical (unpaired) electrons. The highest BCUT2D eigenvalue weighted by Crippen LogP contribution is 2.07. The van der Waals surface area contributed by atoms with Gasteiger partial charge in [0, 0.05) is 12.1 Å². The lowest BCUT2D eigenvalue weighted by atomic mass is 10.2. The Morgan fingerprint density at radius 2 is 2.57 bits per heavy atom. The molecule has 2 rings (SSSR count). The van der Waals surface area contributed by atoms with Gasteiger partial charge in [0.1, 0.15) is 12.9 Å². The van der Waals surface area contributed by atoms with Gasteiger partial charge in [-0.25, -0.2) is 0 Å². The molecule has 0 amide bonds. The van der Waals surface area contributed by atoms with Gasteiger partial charge >= 0.3 is 0 Å². The molecule has 1 N–H and O–H groups in total. The van der Waals surface area contributed by atoms with Gasteiger partial charge in [-0.05, 0) is 19.4 Å². The summed E-state index contributed by atoms with van der Waals surface area (Å²) in [6.45, 7) is 1.58. The quantitative estimate of drug-likeness (QED) is 0.774. The molecule has 4 heteroatoms. The van der Waals surface area contributed by atoms with Crippen LogP contribution in [0.5, 0.6) is 5.75 Å². The maximum Gasteiger partial charge on any atom is 0.226 e. The van der Waals surface area contributed by atoms with Crippen LogP contribution in [-0.2, 0) is 0 Å². The first-order chi connectivity index (χ1) is 6.86. The van der Waals surface area contributed by atoms with E-state index < -0.39 is 0 Å². The number of hydrogen-bond donors (Lipinski definition) is 1. The minimum atomic E-state index is -0.130. The van der Waals surface area contributed by atoms with Crippen molar-refractivity contribution < 1.29 is 9.15 Å². The van der Waals surface area contributed by atoms with Crippen LogP contribution in [0.25, 0.3) is 0 Å². The van der Waals surface area contributed by atoms with Crippen LogP contribution in [0.4, 0.5) is 0 Å². The number of nitrogens with one attached hydrogen (secondary N) is 1. The highest BCUT2D eigenvalue weighted by atomic mass is 16.5. The zero-order valence-electron chi connectivity index (χ0n) is 7.86. The van der Waals surface area contributed by atoms with Crippen molar-refractivity contribution in [3.05, 3.63) is 28.8 Å². The molecule has 1 aromatic heterocycles. The van der Waals surface area contributed by atoms with E-state index in [1.807, 2.05) is 0 Å². The third-order valence-corrected chi connectivity index (χ3v) is 2.32. The van der Waals surface area contributed by atoms with E-state index in [4.69, 9.17) is 9.15 Å². The lowest BCUT2D eigenvalue weighted by Crippen LogP contribution is -2.29. The molecule has 4 nitrogen and oxygen atoms in total. The molecule has 2 heterocycles. The first-order valence-electron chi connectivity index (χ1n) is 4.79. The first-order valence-corrected chi connectivity index (χ1v) is 4.79. The largest absolute Gasteiger partial charge is 0.485 e. The lowest BCUT2D eigenvalue weighted by molar-refractivity contribution is 0.267. The summed E-state index contributed by atoms with van der Waals surface area (Å²) in [4.78, 5) is 11.2. The summed E-state index contributed by atoms with van der Waals surface area (Å²) < 4.78 is 10.2. The molecule has 0 aliphatic carbocycles. The predicted molar refractivity (Wildman–Crippen MR) is 51.5 cm³/mol. The molecule has 0 aromatic carbocycles. The number of hydrogen-bond acceptors (Lipinski definition) is 4. The highest BCUT2D eigenvalue weighted by molar-refractivity contribution is 5.14. The zero-order valence-corrected chi connectivity index (χ0v) is 7.86. The van der Waals surface area contributed by atoms with E-state index in [1.54, 1.807) is 0 Å². The van der Waals surface area contributed by atoms with Gasteiger partial charge in [0.05, 0.1) is 6.26 Å².